The van der Waals surface area contributed by atoms with E-state index in [0.717, 1.165) is 36.9 Å². The van der Waals surface area contributed by atoms with Crippen molar-refractivity contribution in [1.82, 2.24) is 0 Å². The molecule has 0 saturated carbocycles. The van der Waals surface area contributed by atoms with Gasteiger partial charge in [-0.2, -0.15) is 0 Å². The number of ketones is 1. The first kappa shape index (κ1) is 19.4. The van der Waals surface area contributed by atoms with Gasteiger partial charge in [-0.05, 0) is 49.4 Å². The molecule has 0 aliphatic rings. The number of benzene rings is 1. The van der Waals surface area contributed by atoms with Crippen molar-refractivity contribution in [3.05, 3.63) is 29.3 Å². The number of nitrogens with one attached hydrogen (secondary N) is 1. The lowest BCUT2D eigenvalue weighted by molar-refractivity contribution is -0.122. The van der Waals surface area contributed by atoms with Gasteiger partial charge in [-0.3, -0.25) is 9.59 Å². The maximum absolute atomic E-state index is 11.8. The Morgan fingerprint density at radius 2 is 1.65 bits per heavy atom. The summed E-state index contributed by atoms with van der Waals surface area (Å²) in [7, 11) is 0. The van der Waals surface area contributed by atoms with Gasteiger partial charge >= 0.3 is 0 Å². The third-order valence-corrected chi connectivity index (χ3v) is 3.96. The molecule has 0 radical (unpaired) electrons. The minimum atomic E-state index is -0.0162. The average molecular weight is 317 g/mol. The highest BCUT2D eigenvalue weighted by atomic mass is 16.1. The first-order valence-electron chi connectivity index (χ1n) is 8.73. The Labute approximate surface area is 140 Å². The summed E-state index contributed by atoms with van der Waals surface area (Å²) in [4.78, 5) is 23.4. The first-order chi connectivity index (χ1) is 10.8. The fourth-order valence-corrected chi connectivity index (χ4v) is 2.46. The van der Waals surface area contributed by atoms with E-state index in [1.165, 1.54) is 5.56 Å². The maximum atomic E-state index is 11.8. The van der Waals surface area contributed by atoms with Crippen molar-refractivity contribution < 1.29 is 9.59 Å². The third-order valence-electron chi connectivity index (χ3n) is 3.96. The zero-order chi connectivity index (χ0) is 17.4. The molecule has 0 bridgehead atoms. The van der Waals surface area contributed by atoms with Crippen LogP contribution in [0, 0.1) is 18.8 Å². The molecule has 0 fully saturated rings. The van der Waals surface area contributed by atoms with Crippen molar-refractivity contribution in [2.24, 2.45) is 11.8 Å². The number of rotatable bonds is 9. The Kier molecular flexibility index (Phi) is 8.01. The van der Waals surface area contributed by atoms with Crippen LogP contribution in [-0.2, 0) is 16.0 Å². The fraction of sp³-hybridized carbons (Fsp3) is 0.600. The molecular weight excluding hydrogens is 286 g/mol. The summed E-state index contributed by atoms with van der Waals surface area (Å²) in [5.41, 5.74) is 3.30. The molecule has 23 heavy (non-hydrogen) atoms. The lowest BCUT2D eigenvalue weighted by atomic mass is 10.00. The van der Waals surface area contributed by atoms with Gasteiger partial charge in [-0.1, -0.05) is 40.2 Å². The van der Waals surface area contributed by atoms with Gasteiger partial charge in [0, 0.05) is 23.9 Å². The van der Waals surface area contributed by atoms with E-state index in [9.17, 15) is 9.59 Å². The van der Waals surface area contributed by atoms with Crippen LogP contribution in [0.1, 0.15) is 64.5 Å². The molecule has 0 saturated heterocycles. The van der Waals surface area contributed by atoms with Crippen LogP contribution >= 0.6 is 0 Å². The highest BCUT2D eigenvalue weighted by molar-refractivity contribution is 5.92. The summed E-state index contributed by atoms with van der Waals surface area (Å²) >= 11 is 0. The van der Waals surface area contributed by atoms with E-state index < -0.39 is 0 Å². The van der Waals surface area contributed by atoms with Crippen LogP contribution in [0.25, 0.3) is 0 Å². The standard InChI is InChI=1S/C20H31NO2/c1-14(2)19(22)10-8-6-7-9-17-11-16(5)12-18(13-17)21-20(23)15(3)4/h11-15H,6-10H2,1-5H3,(H,21,23). The molecule has 0 atom stereocenters. The first-order valence-corrected chi connectivity index (χ1v) is 8.73. The molecule has 1 rings (SSSR count). The van der Waals surface area contributed by atoms with Crippen molar-refractivity contribution in [1.29, 1.82) is 0 Å². The van der Waals surface area contributed by atoms with Crippen LogP contribution in [0.3, 0.4) is 0 Å². The number of carbonyl (C=O) groups is 2. The summed E-state index contributed by atoms with van der Waals surface area (Å²) in [6, 6.07) is 6.24. The molecule has 0 aromatic heterocycles. The SMILES string of the molecule is Cc1cc(CCCCCC(=O)C(C)C)cc(NC(=O)C(C)C)c1. The fourth-order valence-electron chi connectivity index (χ4n) is 2.46. The quantitative estimate of drug-likeness (QED) is 0.657. The third kappa shape index (κ3) is 7.45. The number of carbonyl (C=O) groups excluding carboxylic acids is 2. The number of unbranched alkanes of at least 4 members (excludes halogenated alkanes) is 2. The predicted octanol–water partition coefficient (Wildman–Crippen LogP) is 4.92. The molecule has 0 aliphatic heterocycles. The van der Waals surface area contributed by atoms with Gasteiger partial charge in [-0.15, -0.1) is 0 Å². The molecule has 3 heteroatoms. The highest BCUT2D eigenvalue weighted by Gasteiger charge is 2.09. The van der Waals surface area contributed by atoms with Crippen molar-refractivity contribution in [2.75, 3.05) is 5.32 Å². The van der Waals surface area contributed by atoms with Crippen molar-refractivity contribution in [2.45, 2.75) is 66.7 Å². The predicted molar refractivity (Wildman–Crippen MR) is 96.7 cm³/mol. The Morgan fingerprint density at radius 1 is 0.957 bits per heavy atom. The summed E-state index contributed by atoms with van der Waals surface area (Å²) in [6.45, 7) is 9.76. The normalized spacial score (nSPS) is 11.1. The number of anilines is 1. The second-order valence-electron chi connectivity index (χ2n) is 7.03. The molecular formula is C20H31NO2. The maximum Gasteiger partial charge on any atom is 0.226 e. The monoisotopic (exact) mass is 317 g/mol. The summed E-state index contributed by atoms with van der Waals surface area (Å²) in [5, 5.41) is 2.97. The number of hydrogen-bond donors (Lipinski definition) is 1. The minimum absolute atomic E-state index is 0.0162. The van der Waals surface area contributed by atoms with Gasteiger partial charge < -0.3 is 5.32 Å². The Balaban J connectivity index is 2.46. The van der Waals surface area contributed by atoms with E-state index in [1.807, 2.05) is 33.8 Å². The zero-order valence-corrected chi connectivity index (χ0v) is 15.2. The molecule has 0 spiro atoms. The van der Waals surface area contributed by atoms with Crippen molar-refractivity contribution in [3.63, 3.8) is 0 Å². The number of hydrogen-bond acceptors (Lipinski definition) is 2. The summed E-state index contributed by atoms with van der Waals surface area (Å²) < 4.78 is 0. The second-order valence-corrected chi connectivity index (χ2v) is 7.03. The Bertz CT molecular complexity index is 532. The molecule has 0 heterocycles. The molecule has 3 nitrogen and oxygen atoms in total. The van der Waals surface area contributed by atoms with Crippen molar-refractivity contribution >= 4 is 17.4 Å². The topological polar surface area (TPSA) is 46.2 Å². The van der Waals surface area contributed by atoms with E-state index in [0.29, 0.717) is 12.2 Å². The van der Waals surface area contributed by atoms with Gasteiger partial charge in [0.15, 0.2) is 0 Å². The summed E-state index contributed by atoms with van der Waals surface area (Å²) in [5.74, 6) is 0.546. The van der Waals surface area contributed by atoms with E-state index in [-0.39, 0.29) is 17.7 Å². The lowest BCUT2D eigenvalue weighted by Gasteiger charge is -2.11. The van der Waals surface area contributed by atoms with Crippen LogP contribution in [-0.4, -0.2) is 11.7 Å². The highest BCUT2D eigenvalue weighted by Crippen LogP contribution is 2.18. The average Bonchev–Trinajstić information content (AvgIpc) is 2.45. The smallest absolute Gasteiger partial charge is 0.226 e. The molecule has 0 aliphatic carbocycles. The van der Waals surface area contributed by atoms with E-state index in [4.69, 9.17) is 0 Å². The minimum Gasteiger partial charge on any atom is -0.326 e. The van der Waals surface area contributed by atoms with E-state index in [1.54, 1.807) is 0 Å². The molecule has 1 aromatic carbocycles. The van der Waals surface area contributed by atoms with Crippen LogP contribution in [0.4, 0.5) is 5.69 Å². The van der Waals surface area contributed by atoms with Crippen LogP contribution in [0.5, 0.6) is 0 Å². The number of aryl methyl sites for hydroxylation is 2. The van der Waals surface area contributed by atoms with E-state index >= 15 is 0 Å². The van der Waals surface area contributed by atoms with E-state index in [2.05, 4.69) is 24.4 Å². The van der Waals surface area contributed by atoms with Crippen molar-refractivity contribution in [3.8, 4) is 0 Å². The number of amides is 1. The summed E-state index contributed by atoms with van der Waals surface area (Å²) in [6.07, 6.45) is 4.80. The molecule has 0 unspecified atom stereocenters. The number of Topliss-reactive ketones (excluding diaryl/α,β-unsaturated/α-hetero) is 1. The van der Waals surface area contributed by atoms with Gasteiger partial charge in [0.05, 0.1) is 0 Å². The zero-order valence-electron chi connectivity index (χ0n) is 15.2. The Morgan fingerprint density at radius 3 is 2.26 bits per heavy atom. The van der Waals surface area contributed by atoms with Gasteiger partial charge in [0.2, 0.25) is 5.91 Å². The van der Waals surface area contributed by atoms with Crippen LogP contribution < -0.4 is 5.32 Å². The lowest BCUT2D eigenvalue weighted by Crippen LogP contribution is -2.17. The Hall–Kier alpha value is -1.64. The molecule has 1 N–H and O–H groups in total. The van der Waals surface area contributed by atoms with Crippen LogP contribution in [0.15, 0.2) is 18.2 Å². The van der Waals surface area contributed by atoms with Gasteiger partial charge in [0.1, 0.15) is 5.78 Å². The molecule has 128 valence electrons. The van der Waals surface area contributed by atoms with Gasteiger partial charge in [-0.25, -0.2) is 0 Å². The largest absolute Gasteiger partial charge is 0.326 e. The molecule has 1 aromatic rings. The van der Waals surface area contributed by atoms with Gasteiger partial charge in [0.25, 0.3) is 0 Å². The van der Waals surface area contributed by atoms with Crippen LogP contribution in [0.2, 0.25) is 0 Å². The molecule has 1 amide bonds. The second kappa shape index (κ2) is 9.49.